The summed E-state index contributed by atoms with van der Waals surface area (Å²) in [5.41, 5.74) is 2.63. The van der Waals surface area contributed by atoms with Gasteiger partial charge in [0.15, 0.2) is 0 Å². The maximum Gasteiger partial charge on any atom is 0.0665 e. The highest BCUT2D eigenvalue weighted by molar-refractivity contribution is 5.24. The van der Waals surface area contributed by atoms with Gasteiger partial charge in [0.25, 0.3) is 0 Å². The third-order valence-electron chi connectivity index (χ3n) is 4.64. The van der Waals surface area contributed by atoms with Crippen LogP contribution in [0.1, 0.15) is 56.2 Å². The van der Waals surface area contributed by atoms with E-state index in [0.717, 1.165) is 12.5 Å². The van der Waals surface area contributed by atoms with Crippen LogP contribution in [0.3, 0.4) is 0 Å². The van der Waals surface area contributed by atoms with E-state index in [4.69, 9.17) is 4.74 Å². The number of hydrogen-bond donors (Lipinski definition) is 1. The van der Waals surface area contributed by atoms with Crippen LogP contribution in [0.5, 0.6) is 0 Å². The van der Waals surface area contributed by atoms with Crippen LogP contribution in [0.15, 0.2) is 24.3 Å². The van der Waals surface area contributed by atoms with Crippen LogP contribution in [-0.2, 0) is 4.74 Å². The lowest BCUT2D eigenvalue weighted by atomic mass is 9.85. The molecule has 3 unspecified atom stereocenters. The van der Waals surface area contributed by atoms with Crippen molar-refractivity contribution in [1.82, 2.24) is 5.32 Å². The molecule has 0 aromatic heterocycles. The average molecular weight is 275 g/mol. The maximum atomic E-state index is 6.19. The van der Waals surface area contributed by atoms with E-state index in [1.165, 1.54) is 43.2 Å². The molecule has 2 heteroatoms. The highest BCUT2D eigenvalue weighted by atomic mass is 16.5. The van der Waals surface area contributed by atoms with Crippen molar-refractivity contribution in [2.24, 2.45) is 5.92 Å². The lowest BCUT2D eigenvalue weighted by molar-refractivity contribution is 0.00208. The molecule has 2 rings (SSSR count). The zero-order valence-electron chi connectivity index (χ0n) is 13.2. The molecule has 0 radical (unpaired) electrons. The quantitative estimate of drug-likeness (QED) is 0.838. The van der Waals surface area contributed by atoms with Crippen LogP contribution in [0, 0.1) is 12.8 Å². The van der Waals surface area contributed by atoms with Crippen molar-refractivity contribution in [2.75, 3.05) is 13.7 Å². The number of aryl methyl sites for hydroxylation is 1. The van der Waals surface area contributed by atoms with Crippen molar-refractivity contribution >= 4 is 0 Å². The number of hydrogen-bond acceptors (Lipinski definition) is 2. The van der Waals surface area contributed by atoms with Crippen molar-refractivity contribution in [1.29, 1.82) is 0 Å². The first-order chi connectivity index (χ1) is 9.72. The van der Waals surface area contributed by atoms with Crippen LogP contribution < -0.4 is 5.32 Å². The molecular weight excluding hydrogens is 246 g/mol. The summed E-state index contributed by atoms with van der Waals surface area (Å²) in [6.45, 7) is 5.21. The van der Waals surface area contributed by atoms with E-state index in [1.807, 2.05) is 7.05 Å². The zero-order chi connectivity index (χ0) is 14.4. The van der Waals surface area contributed by atoms with Crippen LogP contribution in [-0.4, -0.2) is 19.8 Å². The molecular formula is C18H29NO. The van der Waals surface area contributed by atoms with E-state index in [-0.39, 0.29) is 0 Å². The Hall–Kier alpha value is -0.860. The normalized spacial score (nSPS) is 24.6. The van der Waals surface area contributed by atoms with Gasteiger partial charge in [0.2, 0.25) is 0 Å². The summed E-state index contributed by atoms with van der Waals surface area (Å²) < 4.78 is 6.19. The zero-order valence-corrected chi connectivity index (χ0v) is 13.2. The second-order valence-electron chi connectivity index (χ2n) is 6.15. The molecule has 0 aliphatic heterocycles. The molecule has 0 spiro atoms. The highest BCUT2D eigenvalue weighted by Crippen LogP contribution is 2.29. The number of rotatable bonds is 6. The van der Waals surface area contributed by atoms with Crippen LogP contribution >= 0.6 is 0 Å². The lowest BCUT2D eigenvalue weighted by Crippen LogP contribution is -2.28. The average Bonchev–Trinajstić information content (AvgIpc) is 2.50. The van der Waals surface area contributed by atoms with E-state index in [9.17, 15) is 0 Å². The molecule has 0 saturated heterocycles. The Kier molecular flexibility index (Phi) is 6.06. The van der Waals surface area contributed by atoms with Gasteiger partial charge >= 0.3 is 0 Å². The van der Waals surface area contributed by atoms with Gasteiger partial charge in [0, 0.05) is 0 Å². The minimum atomic E-state index is 0.303. The van der Waals surface area contributed by atoms with Crippen molar-refractivity contribution in [3.63, 3.8) is 0 Å². The first-order valence-electron chi connectivity index (χ1n) is 8.08. The summed E-state index contributed by atoms with van der Waals surface area (Å²) in [4.78, 5) is 0. The topological polar surface area (TPSA) is 21.3 Å². The second kappa shape index (κ2) is 7.80. The largest absolute Gasteiger partial charge is 0.376 e. The lowest BCUT2D eigenvalue weighted by Gasteiger charge is -2.30. The van der Waals surface area contributed by atoms with Gasteiger partial charge in [-0.25, -0.2) is 0 Å². The van der Waals surface area contributed by atoms with Crippen molar-refractivity contribution in [2.45, 2.75) is 58.1 Å². The second-order valence-corrected chi connectivity index (χ2v) is 6.15. The Balaban J connectivity index is 1.85. The van der Waals surface area contributed by atoms with Crippen molar-refractivity contribution in [3.05, 3.63) is 35.4 Å². The summed E-state index contributed by atoms with van der Waals surface area (Å²) >= 11 is 0. The smallest absolute Gasteiger partial charge is 0.0665 e. The van der Waals surface area contributed by atoms with E-state index < -0.39 is 0 Å². The number of nitrogens with one attached hydrogen (secondary N) is 1. The molecule has 20 heavy (non-hydrogen) atoms. The SMILES string of the molecule is CCC1CCCC(OCC(NC)c2ccc(C)cc2)C1. The van der Waals surface area contributed by atoms with Gasteiger partial charge in [-0.3, -0.25) is 0 Å². The van der Waals surface area contributed by atoms with Crippen LogP contribution in [0.4, 0.5) is 0 Å². The molecule has 0 amide bonds. The molecule has 0 heterocycles. The van der Waals surface area contributed by atoms with Crippen molar-refractivity contribution < 1.29 is 4.74 Å². The third-order valence-corrected chi connectivity index (χ3v) is 4.64. The minimum Gasteiger partial charge on any atom is -0.376 e. The van der Waals surface area contributed by atoms with E-state index in [0.29, 0.717) is 12.1 Å². The van der Waals surface area contributed by atoms with Gasteiger partial charge in [-0.15, -0.1) is 0 Å². The van der Waals surface area contributed by atoms with E-state index in [2.05, 4.69) is 43.4 Å². The molecule has 2 nitrogen and oxygen atoms in total. The van der Waals surface area contributed by atoms with Gasteiger partial charge in [0.1, 0.15) is 0 Å². The van der Waals surface area contributed by atoms with Gasteiger partial charge in [-0.2, -0.15) is 0 Å². The minimum absolute atomic E-state index is 0.303. The fourth-order valence-corrected chi connectivity index (χ4v) is 3.14. The summed E-state index contributed by atoms with van der Waals surface area (Å²) in [5, 5.41) is 3.38. The first-order valence-corrected chi connectivity index (χ1v) is 8.08. The van der Waals surface area contributed by atoms with Gasteiger partial charge < -0.3 is 10.1 Å². The Labute approximate surface area is 123 Å². The molecule has 3 atom stereocenters. The Bertz CT molecular complexity index is 387. The third kappa shape index (κ3) is 4.32. The molecule has 1 aromatic rings. The molecule has 1 fully saturated rings. The molecule has 1 aliphatic rings. The van der Waals surface area contributed by atoms with Gasteiger partial charge in [-0.1, -0.05) is 56.0 Å². The molecule has 1 saturated carbocycles. The summed E-state index contributed by atoms with van der Waals surface area (Å²) in [6, 6.07) is 9.06. The maximum absolute atomic E-state index is 6.19. The van der Waals surface area contributed by atoms with E-state index >= 15 is 0 Å². The molecule has 1 N–H and O–H groups in total. The monoisotopic (exact) mass is 275 g/mol. The fraction of sp³-hybridized carbons (Fsp3) is 0.667. The first kappa shape index (κ1) is 15.5. The number of benzene rings is 1. The van der Waals surface area contributed by atoms with Gasteiger partial charge in [-0.05, 0) is 38.3 Å². The van der Waals surface area contributed by atoms with Gasteiger partial charge in [0.05, 0.1) is 18.8 Å². The Morgan fingerprint density at radius 2 is 2.00 bits per heavy atom. The summed E-state index contributed by atoms with van der Waals surface area (Å²) in [7, 11) is 2.02. The Morgan fingerprint density at radius 3 is 2.65 bits per heavy atom. The summed E-state index contributed by atoms with van der Waals surface area (Å²) in [5.74, 6) is 0.876. The molecule has 1 aromatic carbocycles. The summed E-state index contributed by atoms with van der Waals surface area (Å²) in [6.07, 6.45) is 6.98. The van der Waals surface area contributed by atoms with Crippen molar-refractivity contribution in [3.8, 4) is 0 Å². The Morgan fingerprint density at radius 1 is 1.25 bits per heavy atom. The number of likely N-dealkylation sites (N-methyl/N-ethyl adjacent to an activating group) is 1. The predicted molar refractivity (Wildman–Crippen MR) is 85.0 cm³/mol. The highest BCUT2D eigenvalue weighted by Gasteiger charge is 2.22. The standard InChI is InChI=1S/C18H29NO/c1-4-15-6-5-7-17(12-15)20-13-18(19-3)16-10-8-14(2)9-11-16/h8-11,15,17-19H,4-7,12-13H2,1-3H3. The predicted octanol–water partition coefficient (Wildman–Crippen LogP) is 4.24. The molecule has 0 bridgehead atoms. The molecule has 1 aliphatic carbocycles. The fourth-order valence-electron chi connectivity index (χ4n) is 3.14. The van der Waals surface area contributed by atoms with Crippen LogP contribution in [0.25, 0.3) is 0 Å². The van der Waals surface area contributed by atoms with E-state index in [1.54, 1.807) is 0 Å². The number of ether oxygens (including phenoxy) is 1. The molecule has 112 valence electrons. The van der Waals surface area contributed by atoms with Crippen LogP contribution in [0.2, 0.25) is 0 Å².